The molecule has 0 bridgehead atoms. The second-order valence-electron chi connectivity index (χ2n) is 7.12. The van der Waals surface area contributed by atoms with Crippen LogP contribution in [0.4, 0.5) is 0 Å². The first kappa shape index (κ1) is 20.9. The molecule has 0 saturated carbocycles. The molecule has 1 amide bonds. The number of aryl methyl sites for hydroxylation is 3. The van der Waals surface area contributed by atoms with Crippen LogP contribution in [0.2, 0.25) is 5.02 Å². The standard InChI is InChI=1S/C23H26ClN3O2/c1-5-27-21(10-11-25-27)17(4)26-23(28)19-8-6-18(7-9-19)14-29-20-12-15(2)22(24)16(3)13-20/h6-13,17H,5,14H2,1-4H3,(H,26,28). The molecule has 1 heterocycles. The molecular weight excluding hydrogens is 386 g/mol. The molecule has 6 heteroatoms. The molecule has 2 aromatic carbocycles. The highest BCUT2D eigenvalue weighted by Gasteiger charge is 2.14. The summed E-state index contributed by atoms with van der Waals surface area (Å²) in [7, 11) is 0. The first-order chi connectivity index (χ1) is 13.9. The van der Waals surface area contributed by atoms with Gasteiger partial charge in [0.05, 0.1) is 11.7 Å². The minimum atomic E-state index is -0.121. The lowest BCUT2D eigenvalue weighted by Crippen LogP contribution is -2.28. The molecule has 152 valence electrons. The number of carbonyl (C=O) groups excluding carboxylic acids is 1. The SMILES string of the molecule is CCn1nccc1C(C)NC(=O)c1ccc(COc2cc(C)c(Cl)c(C)c2)cc1. The van der Waals surface area contributed by atoms with Gasteiger partial charge in [0, 0.05) is 23.3 Å². The van der Waals surface area contributed by atoms with Crippen LogP contribution in [0, 0.1) is 13.8 Å². The fourth-order valence-electron chi connectivity index (χ4n) is 3.24. The van der Waals surface area contributed by atoms with Crippen molar-refractivity contribution in [3.63, 3.8) is 0 Å². The number of nitrogens with zero attached hydrogens (tertiary/aromatic N) is 2. The van der Waals surface area contributed by atoms with Gasteiger partial charge in [0.1, 0.15) is 12.4 Å². The molecule has 0 aliphatic carbocycles. The molecule has 1 aromatic heterocycles. The molecule has 0 saturated heterocycles. The van der Waals surface area contributed by atoms with Gasteiger partial charge < -0.3 is 10.1 Å². The van der Waals surface area contributed by atoms with Crippen molar-refractivity contribution in [2.75, 3.05) is 0 Å². The van der Waals surface area contributed by atoms with E-state index in [1.54, 1.807) is 6.20 Å². The van der Waals surface area contributed by atoms with Gasteiger partial charge in [-0.2, -0.15) is 5.10 Å². The van der Waals surface area contributed by atoms with Crippen molar-refractivity contribution in [1.82, 2.24) is 15.1 Å². The van der Waals surface area contributed by atoms with Crippen molar-refractivity contribution < 1.29 is 9.53 Å². The summed E-state index contributed by atoms with van der Waals surface area (Å²) in [6.07, 6.45) is 1.75. The molecule has 1 atom stereocenters. The van der Waals surface area contributed by atoms with Crippen molar-refractivity contribution in [3.05, 3.63) is 81.6 Å². The summed E-state index contributed by atoms with van der Waals surface area (Å²) in [6, 6.07) is 13.1. The topological polar surface area (TPSA) is 56.2 Å². The zero-order chi connectivity index (χ0) is 21.0. The van der Waals surface area contributed by atoms with Crippen LogP contribution in [0.15, 0.2) is 48.7 Å². The number of amides is 1. The molecular formula is C23H26ClN3O2. The Hall–Kier alpha value is -2.79. The Balaban J connectivity index is 1.60. The Morgan fingerprint density at radius 2 is 1.83 bits per heavy atom. The Morgan fingerprint density at radius 3 is 2.45 bits per heavy atom. The summed E-state index contributed by atoms with van der Waals surface area (Å²) in [4.78, 5) is 12.6. The summed E-state index contributed by atoms with van der Waals surface area (Å²) in [6.45, 7) is 9.10. The summed E-state index contributed by atoms with van der Waals surface area (Å²) < 4.78 is 7.76. The van der Waals surface area contributed by atoms with Crippen molar-refractivity contribution in [3.8, 4) is 5.75 Å². The van der Waals surface area contributed by atoms with Crippen molar-refractivity contribution in [2.45, 2.75) is 46.9 Å². The van der Waals surface area contributed by atoms with Gasteiger partial charge in [-0.3, -0.25) is 9.48 Å². The van der Waals surface area contributed by atoms with Gasteiger partial charge in [0.15, 0.2) is 0 Å². The van der Waals surface area contributed by atoms with Crippen LogP contribution >= 0.6 is 11.6 Å². The summed E-state index contributed by atoms with van der Waals surface area (Å²) in [5.41, 5.74) is 4.57. The second-order valence-corrected chi connectivity index (χ2v) is 7.50. The molecule has 3 rings (SSSR count). The molecule has 0 radical (unpaired) electrons. The number of aromatic nitrogens is 2. The van der Waals surface area contributed by atoms with Gasteiger partial charge in [0.25, 0.3) is 5.91 Å². The number of ether oxygens (including phenoxy) is 1. The van der Waals surface area contributed by atoms with E-state index in [2.05, 4.69) is 10.4 Å². The van der Waals surface area contributed by atoms with E-state index in [1.165, 1.54) is 0 Å². The Morgan fingerprint density at radius 1 is 1.17 bits per heavy atom. The first-order valence-electron chi connectivity index (χ1n) is 9.70. The Labute approximate surface area is 176 Å². The highest BCUT2D eigenvalue weighted by atomic mass is 35.5. The highest BCUT2D eigenvalue weighted by molar-refractivity contribution is 6.32. The third kappa shape index (κ3) is 4.98. The maximum absolute atomic E-state index is 12.6. The average molecular weight is 412 g/mol. The lowest BCUT2D eigenvalue weighted by atomic mass is 10.1. The molecule has 5 nitrogen and oxygen atoms in total. The van der Waals surface area contributed by atoms with Crippen molar-refractivity contribution in [1.29, 1.82) is 0 Å². The van der Waals surface area contributed by atoms with Crippen LogP contribution in [0.5, 0.6) is 5.75 Å². The number of carbonyl (C=O) groups is 1. The first-order valence-corrected chi connectivity index (χ1v) is 10.1. The van der Waals surface area contributed by atoms with Crippen LogP contribution in [0.3, 0.4) is 0 Å². The third-order valence-electron chi connectivity index (χ3n) is 4.87. The fourth-order valence-corrected chi connectivity index (χ4v) is 3.35. The van der Waals surface area contributed by atoms with Crippen LogP contribution < -0.4 is 10.1 Å². The minimum absolute atomic E-state index is 0.113. The zero-order valence-corrected chi connectivity index (χ0v) is 18.0. The van der Waals surface area contributed by atoms with Crippen molar-refractivity contribution in [2.24, 2.45) is 0 Å². The largest absolute Gasteiger partial charge is 0.489 e. The van der Waals surface area contributed by atoms with Gasteiger partial charge in [-0.05, 0) is 74.7 Å². The smallest absolute Gasteiger partial charge is 0.251 e. The predicted octanol–water partition coefficient (Wildman–Crippen LogP) is 5.24. The lowest BCUT2D eigenvalue weighted by molar-refractivity contribution is 0.0938. The molecule has 0 spiro atoms. The summed E-state index contributed by atoms with van der Waals surface area (Å²) in [5, 5.41) is 8.04. The number of hydrogen-bond donors (Lipinski definition) is 1. The van der Waals surface area contributed by atoms with E-state index in [4.69, 9.17) is 16.3 Å². The normalized spacial score (nSPS) is 11.9. The average Bonchev–Trinajstić information content (AvgIpc) is 3.19. The molecule has 0 aliphatic rings. The van der Waals surface area contributed by atoms with E-state index in [9.17, 15) is 4.79 Å². The zero-order valence-electron chi connectivity index (χ0n) is 17.2. The van der Waals surface area contributed by atoms with Gasteiger partial charge in [-0.15, -0.1) is 0 Å². The van der Waals surface area contributed by atoms with Crippen LogP contribution in [-0.2, 0) is 13.2 Å². The minimum Gasteiger partial charge on any atom is -0.489 e. The van der Waals surface area contributed by atoms with E-state index in [-0.39, 0.29) is 11.9 Å². The quantitative estimate of drug-likeness (QED) is 0.578. The molecule has 0 fully saturated rings. The number of nitrogens with one attached hydrogen (secondary N) is 1. The van der Waals surface area contributed by atoms with E-state index in [0.717, 1.165) is 39.7 Å². The molecule has 3 aromatic rings. The fraction of sp³-hybridized carbons (Fsp3) is 0.304. The Bertz CT molecular complexity index is 973. The molecule has 1 unspecified atom stereocenters. The summed E-state index contributed by atoms with van der Waals surface area (Å²) >= 11 is 6.20. The molecule has 1 N–H and O–H groups in total. The van der Waals surface area contributed by atoms with E-state index in [0.29, 0.717) is 12.2 Å². The van der Waals surface area contributed by atoms with Gasteiger partial charge in [-0.1, -0.05) is 23.7 Å². The monoisotopic (exact) mass is 411 g/mol. The Kier molecular flexibility index (Phi) is 6.60. The summed E-state index contributed by atoms with van der Waals surface area (Å²) in [5.74, 6) is 0.672. The van der Waals surface area contributed by atoms with Crippen LogP contribution in [0.25, 0.3) is 0 Å². The predicted molar refractivity (Wildman–Crippen MR) is 115 cm³/mol. The van der Waals surface area contributed by atoms with Gasteiger partial charge in [0.2, 0.25) is 0 Å². The van der Waals surface area contributed by atoms with E-state index in [1.807, 2.05) is 74.8 Å². The number of benzene rings is 2. The second kappa shape index (κ2) is 9.14. The number of halogens is 1. The maximum atomic E-state index is 12.6. The molecule has 0 aliphatic heterocycles. The molecule has 29 heavy (non-hydrogen) atoms. The number of hydrogen-bond acceptors (Lipinski definition) is 3. The van der Waals surface area contributed by atoms with Gasteiger partial charge >= 0.3 is 0 Å². The lowest BCUT2D eigenvalue weighted by Gasteiger charge is -2.15. The number of rotatable bonds is 7. The maximum Gasteiger partial charge on any atom is 0.251 e. The van der Waals surface area contributed by atoms with E-state index >= 15 is 0 Å². The highest BCUT2D eigenvalue weighted by Crippen LogP contribution is 2.26. The van der Waals surface area contributed by atoms with Crippen molar-refractivity contribution >= 4 is 17.5 Å². The van der Waals surface area contributed by atoms with Crippen LogP contribution in [-0.4, -0.2) is 15.7 Å². The van der Waals surface area contributed by atoms with Gasteiger partial charge in [-0.25, -0.2) is 0 Å². The third-order valence-corrected chi connectivity index (χ3v) is 5.47. The van der Waals surface area contributed by atoms with Crippen LogP contribution in [0.1, 0.15) is 52.6 Å². The van der Waals surface area contributed by atoms with E-state index < -0.39 is 0 Å².